The number of ketones is 1. The molecule has 0 radical (unpaired) electrons. The van der Waals surface area contributed by atoms with E-state index in [4.69, 9.17) is 4.74 Å². The number of hydrogen-bond donors (Lipinski definition) is 0. The van der Waals surface area contributed by atoms with E-state index >= 15 is 0 Å². The number of urea groups is 1. The Morgan fingerprint density at radius 2 is 1.77 bits per heavy atom. The number of carbonyl (C=O) groups excluding carboxylic acids is 3. The molecule has 26 heavy (non-hydrogen) atoms. The summed E-state index contributed by atoms with van der Waals surface area (Å²) < 4.78 is 5.42. The highest BCUT2D eigenvalue weighted by Crippen LogP contribution is 2.31. The van der Waals surface area contributed by atoms with Crippen LogP contribution >= 0.6 is 0 Å². The van der Waals surface area contributed by atoms with Crippen LogP contribution in [0.15, 0.2) is 0 Å². The number of rotatable bonds is 3. The van der Waals surface area contributed by atoms with Crippen molar-refractivity contribution in [1.82, 2.24) is 14.7 Å². The molecule has 3 heterocycles. The van der Waals surface area contributed by atoms with Gasteiger partial charge in [0.15, 0.2) is 5.78 Å². The second kappa shape index (κ2) is 7.08. The number of fused-ring (bicyclic) bond motifs is 2. The van der Waals surface area contributed by atoms with Crippen molar-refractivity contribution in [2.24, 2.45) is 5.92 Å². The van der Waals surface area contributed by atoms with Crippen molar-refractivity contribution >= 4 is 17.9 Å². The van der Waals surface area contributed by atoms with Gasteiger partial charge in [0.2, 0.25) is 0 Å². The third kappa shape index (κ3) is 3.96. The predicted octanol–water partition coefficient (Wildman–Crippen LogP) is 2.49. The number of ether oxygens (including phenoxy) is 1. The Balaban J connectivity index is 1.48. The molecule has 0 saturated carbocycles. The SMILES string of the molecule is CN1C(=O)N2C[C@H]1CC[C@H]2C(=O)CC1CCN(C(=O)OC(C)(C)C)CC1. The van der Waals surface area contributed by atoms with Crippen molar-refractivity contribution in [3.63, 3.8) is 0 Å². The third-order valence-electron chi connectivity index (χ3n) is 5.78. The maximum Gasteiger partial charge on any atom is 0.410 e. The molecular weight excluding hydrogens is 334 g/mol. The topological polar surface area (TPSA) is 70.2 Å². The van der Waals surface area contributed by atoms with Gasteiger partial charge in [0.1, 0.15) is 5.60 Å². The van der Waals surface area contributed by atoms with Crippen molar-refractivity contribution < 1.29 is 19.1 Å². The fourth-order valence-corrected chi connectivity index (χ4v) is 4.24. The number of nitrogens with zero attached hydrogens (tertiary/aromatic N) is 3. The fourth-order valence-electron chi connectivity index (χ4n) is 4.24. The summed E-state index contributed by atoms with van der Waals surface area (Å²) >= 11 is 0. The zero-order valence-electron chi connectivity index (χ0n) is 16.4. The lowest BCUT2D eigenvalue weighted by molar-refractivity contribution is -0.125. The molecule has 0 spiro atoms. The zero-order valence-corrected chi connectivity index (χ0v) is 16.4. The molecule has 7 heteroatoms. The average Bonchev–Trinajstić information content (AvgIpc) is 2.78. The quantitative estimate of drug-likeness (QED) is 0.770. The van der Waals surface area contributed by atoms with Crippen molar-refractivity contribution in [1.29, 1.82) is 0 Å². The second-order valence-corrected chi connectivity index (χ2v) is 8.87. The predicted molar refractivity (Wildman–Crippen MR) is 96.8 cm³/mol. The summed E-state index contributed by atoms with van der Waals surface area (Å²) in [5, 5.41) is 0. The van der Waals surface area contributed by atoms with Crippen molar-refractivity contribution in [2.45, 2.75) is 70.6 Å². The van der Waals surface area contributed by atoms with E-state index in [2.05, 4.69) is 0 Å². The Morgan fingerprint density at radius 1 is 1.12 bits per heavy atom. The summed E-state index contributed by atoms with van der Waals surface area (Å²) in [5.41, 5.74) is -0.488. The van der Waals surface area contributed by atoms with Crippen LogP contribution in [-0.2, 0) is 9.53 Å². The Bertz CT molecular complexity index is 578. The van der Waals surface area contributed by atoms with Crippen LogP contribution in [0.4, 0.5) is 9.59 Å². The summed E-state index contributed by atoms with van der Waals surface area (Å²) in [5.74, 6) is 0.470. The molecule has 7 nitrogen and oxygen atoms in total. The molecule has 3 rings (SSSR count). The number of likely N-dealkylation sites (tertiary alicyclic amines) is 1. The highest BCUT2D eigenvalue weighted by atomic mass is 16.6. The molecule has 0 N–H and O–H groups in total. The van der Waals surface area contributed by atoms with E-state index in [1.807, 2.05) is 27.8 Å². The Kier molecular flexibility index (Phi) is 5.17. The van der Waals surface area contributed by atoms with E-state index in [1.54, 1.807) is 14.7 Å². The lowest BCUT2D eigenvalue weighted by Crippen LogP contribution is -2.46. The van der Waals surface area contributed by atoms with Crippen LogP contribution in [0.3, 0.4) is 0 Å². The Morgan fingerprint density at radius 3 is 2.38 bits per heavy atom. The maximum absolute atomic E-state index is 12.8. The first-order valence-corrected chi connectivity index (χ1v) is 9.70. The van der Waals surface area contributed by atoms with E-state index in [9.17, 15) is 14.4 Å². The number of amides is 3. The van der Waals surface area contributed by atoms with Crippen LogP contribution in [0, 0.1) is 5.92 Å². The molecule has 2 atom stereocenters. The second-order valence-electron chi connectivity index (χ2n) is 8.87. The van der Waals surface area contributed by atoms with Crippen LogP contribution in [0.5, 0.6) is 0 Å². The van der Waals surface area contributed by atoms with Crippen molar-refractivity contribution in [3.8, 4) is 0 Å². The van der Waals surface area contributed by atoms with Gasteiger partial charge in [0, 0.05) is 33.1 Å². The summed E-state index contributed by atoms with van der Waals surface area (Å²) in [7, 11) is 1.83. The minimum Gasteiger partial charge on any atom is -0.444 e. The maximum atomic E-state index is 12.8. The fraction of sp³-hybridized carbons (Fsp3) is 0.842. The lowest BCUT2D eigenvalue weighted by atomic mass is 9.87. The molecule has 3 fully saturated rings. The van der Waals surface area contributed by atoms with Crippen molar-refractivity contribution in [3.05, 3.63) is 0 Å². The summed E-state index contributed by atoms with van der Waals surface area (Å²) in [6, 6.07) is 0.00166. The number of hydrogen-bond acceptors (Lipinski definition) is 4. The van der Waals surface area contributed by atoms with Crippen LogP contribution in [0.1, 0.15) is 52.9 Å². The third-order valence-corrected chi connectivity index (χ3v) is 5.78. The molecule has 0 aliphatic carbocycles. The van der Waals surface area contributed by atoms with E-state index < -0.39 is 5.60 Å². The minimum absolute atomic E-state index is 0.00871. The average molecular weight is 365 g/mol. The molecular formula is C19H31N3O4. The number of carbonyl (C=O) groups is 3. The van der Waals surface area contributed by atoms with E-state index in [0.717, 1.165) is 25.7 Å². The smallest absolute Gasteiger partial charge is 0.410 e. The van der Waals surface area contributed by atoms with Gasteiger partial charge >= 0.3 is 12.1 Å². The molecule has 146 valence electrons. The Labute approximate surface area is 155 Å². The Hall–Kier alpha value is -1.79. The monoisotopic (exact) mass is 365 g/mol. The lowest BCUT2D eigenvalue weighted by Gasteiger charge is -2.35. The van der Waals surface area contributed by atoms with Gasteiger partial charge in [-0.15, -0.1) is 0 Å². The van der Waals surface area contributed by atoms with Crippen molar-refractivity contribution in [2.75, 3.05) is 26.7 Å². The van der Waals surface area contributed by atoms with Gasteiger partial charge < -0.3 is 19.4 Å². The zero-order chi connectivity index (χ0) is 19.1. The minimum atomic E-state index is -0.488. The highest BCUT2D eigenvalue weighted by molar-refractivity contribution is 5.90. The van der Waals surface area contributed by atoms with E-state index in [1.165, 1.54) is 0 Å². The normalized spacial score (nSPS) is 27.1. The van der Waals surface area contributed by atoms with Gasteiger partial charge in [-0.1, -0.05) is 0 Å². The molecule has 3 aliphatic heterocycles. The summed E-state index contributed by atoms with van der Waals surface area (Å²) in [6.45, 7) is 7.53. The van der Waals surface area contributed by atoms with Crippen LogP contribution in [0.2, 0.25) is 0 Å². The van der Waals surface area contributed by atoms with Crippen LogP contribution < -0.4 is 0 Å². The molecule has 3 aliphatic rings. The number of piperidine rings is 2. The van der Waals surface area contributed by atoms with Gasteiger partial charge in [0.25, 0.3) is 0 Å². The first-order valence-electron chi connectivity index (χ1n) is 9.70. The summed E-state index contributed by atoms with van der Waals surface area (Å²) in [4.78, 5) is 42.4. The van der Waals surface area contributed by atoms with Gasteiger partial charge in [-0.2, -0.15) is 0 Å². The van der Waals surface area contributed by atoms with Crippen LogP contribution in [0.25, 0.3) is 0 Å². The highest BCUT2D eigenvalue weighted by Gasteiger charge is 2.45. The van der Waals surface area contributed by atoms with Gasteiger partial charge in [-0.05, 0) is 52.4 Å². The van der Waals surface area contributed by atoms with E-state index in [0.29, 0.717) is 26.1 Å². The number of Topliss-reactive ketones (excluding diaryl/α,β-unsaturated/α-hetero) is 1. The first kappa shape index (κ1) is 19.0. The van der Waals surface area contributed by atoms with E-state index in [-0.39, 0.29) is 35.9 Å². The first-order chi connectivity index (χ1) is 12.2. The molecule has 2 bridgehead atoms. The van der Waals surface area contributed by atoms with Gasteiger partial charge in [0.05, 0.1) is 12.1 Å². The molecule has 3 saturated heterocycles. The molecule has 0 aromatic carbocycles. The number of likely N-dealkylation sites (N-methyl/N-ethyl adjacent to an activating group) is 1. The standard InChI is InChI=1S/C19H31N3O4/c1-19(2,3)26-18(25)21-9-7-13(8-10-21)11-16(23)15-6-5-14-12-22(15)17(24)20(14)4/h13-15H,5-12H2,1-4H3/t14-,15+/m1/s1. The molecule has 0 aromatic heterocycles. The summed E-state index contributed by atoms with van der Waals surface area (Å²) in [6.07, 6.45) is 3.54. The van der Waals surface area contributed by atoms with Gasteiger partial charge in [-0.3, -0.25) is 4.79 Å². The van der Waals surface area contributed by atoms with Crippen LogP contribution in [-0.4, -0.2) is 77.0 Å². The molecule has 3 amide bonds. The van der Waals surface area contributed by atoms with Gasteiger partial charge in [-0.25, -0.2) is 9.59 Å². The largest absolute Gasteiger partial charge is 0.444 e. The molecule has 0 aromatic rings. The molecule has 0 unspecified atom stereocenters.